The number of nitrogens with one attached hydrogen (secondary N) is 1. The van der Waals surface area contributed by atoms with Crippen molar-refractivity contribution >= 4 is 5.91 Å². The highest BCUT2D eigenvalue weighted by atomic mass is 16.2. The normalized spacial score (nSPS) is 23.5. The third-order valence-electron chi connectivity index (χ3n) is 2.30. The van der Waals surface area contributed by atoms with Crippen LogP contribution in [0, 0.1) is 0 Å². The molecule has 0 spiro atoms. The van der Waals surface area contributed by atoms with Gasteiger partial charge in [0, 0.05) is 5.54 Å². The minimum Gasteiger partial charge on any atom is -0.350 e. The van der Waals surface area contributed by atoms with E-state index >= 15 is 0 Å². The van der Waals surface area contributed by atoms with E-state index in [2.05, 4.69) is 12.2 Å². The summed E-state index contributed by atoms with van der Waals surface area (Å²) in [7, 11) is 0. The minimum absolute atomic E-state index is 0.0350. The molecule has 1 aliphatic rings. The van der Waals surface area contributed by atoms with Gasteiger partial charge in [-0.25, -0.2) is 0 Å². The minimum atomic E-state index is -0.382. The third kappa shape index (κ3) is 1.93. The maximum absolute atomic E-state index is 11.1. The molecule has 1 rings (SSSR count). The number of carbonyl (C=O) groups excluding carboxylic acids is 1. The van der Waals surface area contributed by atoms with Crippen molar-refractivity contribution < 1.29 is 4.79 Å². The van der Waals surface area contributed by atoms with Crippen molar-refractivity contribution in [2.75, 3.05) is 0 Å². The van der Waals surface area contributed by atoms with Crippen molar-refractivity contribution in [3.05, 3.63) is 0 Å². The van der Waals surface area contributed by atoms with Gasteiger partial charge in [0.2, 0.25) is 5.91 Å². The number of carbonyl (C=O) groups is 1. The van der Waals surface area contributed by atoms with E-state index in [9.17, 15) is 4.79 Å². The summed E-state index contributed by atoms with van der Waals surface area (Å²) >= 11 is 0. The molecule has 0 radical (unpaired) electrons. The van der Waals surface area contributed by atoms with Crippen LogP contribution >= 0.6 is 0 Å². The van der Waals surface area contributed by atoms with Gasteiger partial charge in [0.1, 0.15) is 0 Å². The molecule has 1 fully saturated rings. The molecular weight excluding hydrogens is 140 g/mol. The van der Waals surface area contributed by atoms with Crippen LogP contribution in [-0.4, -0.2) is 17.5 Å². The van der Waals surface area contributed by atoms with Crippen LogP contribution in [0.1, 0.15) is 33.1 Å². The zero-order valence-corrected chi connectivity index (χ0v) is 7.18. The Hall–Kier alpha value is -0.570. The van der Waals surface area contributed by atoms with E-state index < -0.39 is 0 Å². The van der Waals surface area contributed by atoms with E-state index in [1.54, 1.807) is 6.92 Å². The lowest BCUT2D eigenvalue weighted by Crippen LogP contribution is -2.54. The van der Waals surface area contributed by atoms with Crippen molar-refractivity contribution in [1.29, 1.82) is 0 Å². The van der Waals surface area contributed by atoms with E-state index in [1.165, 1.54) is 6.42 Å². The number of amides is 1. The Labute approximate surface area is 67.3 Å². The quantitative estimate of drug-likeness (QED) is 0.607. The molecule has 1 saturated carbocycles. The summed E-state index contributed by atoms with van der Waals surface area (Å²) in [6.07, 6.45) is 3.40. The average molecular weight is 156 g/mol. The highest BCUT2D eigenvalue weighted by Gasteiger charge is 2.33. The van der Waals surface area contributed by atoms with Gasteiger partial charge in [-0.15, -0.1) is 0 Å². The van der Waals surface area contributed by atoms with Gasteiger partial charge < -0.3 is 11.1 Å². The number of rotatable bonds is 2. The van der Waals surface area contributed by atoms with Crippen molar-refractivity contribution in [2.45, 2.75) is 44.7 Å². The predicted molar refractivity (Wildman–Crippen MR) is 44.0 cm³/mol. The first-order valence-electron chi connectivity index (χ1n) is 4.11. The molecule has 0 aromatic rings. The van der Waals surface area contributed by atoms with Crippen LogP contribution in [-0.2, 0) is 4.79 Å². The average Bonchev–Trinajstić information content (AvgIpc) is 1.84. The van der Waals surface area contributed by atoms with E-state index in [0.29, 0.717) is 0 Å². The van der Waals surface area contributed by atoms with Crippen LogP contribution in [0.2, 0.25) is 0 Å². The molecule has 0 bridgehead atoms. The van der Waals surface area contributed by atoms with Crippen LogP contribution in [0.15, 0.2) is 0 Å². The van der Waals surface area contributed by atoms with E-state index in [1.807, 2.05) is 0 Å². The Kier molecular flexibility index (Phi) is 2.18. The van der Waals surface area contributed by atoms with Gasteiger partial charge in [-0.1, -0.05) is 0 Å². The van der Waals surface area contributed by atoms with Gasteiger partial charge >= 0.3 is 0 Å². The topological polar surface area (TPSA) is 55.1 Å². The summed E-state index contributed by atoms with van der Waals surface area (Å²) < 4.78 is 0. The molecular formula is C8H16N2O. The molecule has 1 amide bonds. The Balaban J connectivity index is 2.35. The Morgan fingerprint density at radius 1 is 1.64 bits per heavy atom. The standard InChI is InChI=1S/C8H16N2O/c1-6(9)7(11)10-8(2)4-3-5-8/h6H,3-5,9H2,1-2H3,(H,10,11)/t6-/m0/s1. The Bertz CT molecular complexity index is 161. The SMILES string of the molecule is C[C@H](N)C(=O)NC1(C)CCC1. The molecule has 1 aliphatic carbocycles. The molecule has 0 unspecified atom stereocenters. The summed E-state index contributed by atoms with van der Waals surface area (Å²) in [6.45, 7) is 3.77. The lowest BCUT2D eigenvalue weighted by Gasteiger charge is -2.39. The second kappa shape index (κ2) is 2.81. The van der Waals surface area contributed by atoms with Crippen LogP contribution in [0.4, 0.5) is 0 Å². The van der Waals surface area contributed by atoms with Crippen molar-refractivity contribution in [3.8, 4) is 0 Å². The lowest BCUT2D eigenvalue weighted by atomic mass is 9.78. The molecule has 64 valence electrons. The second-order valence-corrected chi connectivity index (χ2v) is 3.69. The fraction of sp³-hybridized carbons (Fsp3) is 0.875. The molecule has 1 atom stereocenters. The van der Waals surface area contributed by atoms with Gasteiger partial charge in [-0.05, 0) is 33.1 Å². The molecule has 3 nitrogen and oxygen atoms in total. The fourth-order valence-corrected chi connectivity index (χ4v) is 1.24. The number of hydrogen-bond acceptors (Lipinski definition) is 2. The largest absolute Gasteiger partial charge is 0.350 e. The summed E-state index contributed by atoms with van der Waals surface area (Å²) in [6, 6.07) is -0.382. The number of nitrogens with two attached hydrogens (primary N) is 1. The maximum Gasteiger partial charge on any atom is 0.237 e. The zero-order chi connectivity index (χ0) is 8.48. The van der Waals surface area contributed by atoms with E-state index in [4.69, 9.17) is 5.73 Å². The second-order valence-electron chi connectivity index (χ2n) is 3.69. The molecule has 0 aromatic heterocycles. The lowest BCUT2D eigenvalue weighted by molar-refractivity contribution is -0.124. The molecule has 0 heterocycles. The first-order valence-corrected chi connectivity index (χ1v) is 4.11. The molecule has 3 heteroatoms. The summed E-state index contributed by atoms with van der Waals surface area (Å²) in [5, 5.41) is 2.93. The molecule has 0 saturated heterocycles. The van der Waals surface area contributed by atoms with Gasteiger partial charge in [-0.3, -0.25) is 4.79 Å². The van der Waals surface area contributed by atoms with Crippen molar-refractivity contribution in [3.63, 3.8) is 0 Å². The van der Waals surface area contributed by atoms with Crippen LogP contribution in [0.5, 0.6) is 0 Å². The van der Waals surface area contributed by atoms with Gasteiger partial charge in [0.25, 0.3) is 0 Å². The Morgan fingerprint density at radius 3 is 2.45 bits per heavy atom. The maximum atomic E-state index is 11.1. The van der Waals surface area contributed by atoms with Crippen molar-refractivity contribution in [1.82, 2.24) is 5.32 Å². The first-order chi connectivity index (χ1) is 5.03. The molecule has 3 N–H and O–H groups in total. The summed E-state index contributed by atoms with van der Waals surface area (Å²) in [4.78, 5) is 11.1. The highest BCUT2D eigenvalue weighted by Crippen LogP contribution is 2.30. The zero-order valence-electron chi connectivity index (χ0n) is 7.18. The summed E-state index contributed by atoms with van der Waals surface area (Å²) in [5.41, 5.74) is 5.46. The summed E-state index contributed by atoms with van der Waals surface area (Å²) in [5.74, 6) is -0.0350. The van der Waals surface area contributed by atoms with Gasteiger partial charge in [-0.2, -0.15) is 0 Å². The van der Waals surface area contributed by atoms with Crippen LogP contribution in [0.3, 0.4) is 0 Å². The Morgan fingerprint density at radius 2 is 2.18 bits per heavy atom. The molecule has 0 aliphatic heterocycles. The van der Waals surface area contributed by atoms with Crippen LogP contribution < -0.4 is 11.1 Å². The van der Waals surface area contributed by atoms with Crippen molar-refractivity contribution in [2.24, 2.45) is 5.73 Å². The first kappa shape index (κ1) is 8.53. The monoisotopic (exact) mass is 156 g/mol. The van der Waals surface area contributed by atoms with Gasteiger partial charge in [0.05, 0.1) is 6.04 Å². The molecule has 0 aromatic carbocycles. The van der Waals surface area contributed by atoms with E-state index in [-0.39, 0.29) is 17.5 Å². The fourth-order valence-electron chi connectivity index (χ4n) is 1.24. The van der Waals surface area contributed by atoms with Gasteiger partial charge in [0.15, 0.2) is 0 Å². The predicted octanol–water partition coefficient (Wildman–Crippen LogP) is 0.392. The molecule has 11 heavy (non-hydrogen) atoms. The number of hydrogen-bond donors (Lipinski definition) is 2. The highest BCUT2D eigenvalue weighted by molar-refractivity contribution is 5.81. The van der Waals surface area contributed by atoms with E-state index in [0.717, 1.165) is 12.8 Å². The third-order valence-corrected chi connectivity index (χ3v) is 2.30. The smallest absolute Gasteiger partial charge is 0.237 e. The van der Waals surface area contributed by atoms with Crippen LogP contribution in [0.25, 0.3) is 0 Å².